The van der Waals surface area contributed by atoms with Gasteiger partial charge in [0.15, 0.2) is 0 Å². The molecule has 0 fully saturated rings. The Kier molecular flexibility index (Phi) is 5.50. The fraction of sp³-hybridized carbons (Fsp3) is 0.0769. The first-order chi connectivity index (χ1) is 9.03. The van der Waals surface area contributed by atoms with E-state index in [1.54, 1.807) is 18.2 Å². The fourth-order valence-corrected chi connectivity index (χ4v) is 2.76. The lowest BCUT2D eigenvalue weighted by Gasteiger charge is -2.11. The van der Waals surface area contributed by atoms with Crippen LogP contribution in [0.5, 0.6) is 0 Å². The number of nitrogens with one attached hydrogen (secondary N) is 1. The molecule has 0 radical (unpaired) electrons. The molecule has 0 aliphatic rings. The Labute approximate surface area is 123 Å². The van der Waals surface area contributed by atoms with Crippen LogP contribution in [0, 0.1) is 5.82 Å². The van der Waals surface area contributed by atoms with Gasteiger partial charge in [0.25, 0.3) is 10.0 Å². The number of anilines is 1. The van der Waals surface area contributed by atoms with Crippen molar-refractivity contribution in [2.24, 2.45) is 5.73 Å². The third-order valence-corrected chi connectivity index (χ3v) is 3.97. The molecule has 2 aromatic carbocycles. The maximum atomic E-state index is 13.1. The largest absolute Gasteiger partial charge is 0.326 e. The minimum atomic E-state index is -3.69. The molecule has 108 valence electrons. The first-order valence-corrected chi connectivity index (χ1v) is 7.07. The number of nitrogens with two attached hydrogens (primary N) is 1. The van der Waals surface area contributed by atoms with Crippen molar-refractivity contribution < 1.29 is 12.8 Å². The van der Waals surface area contributed by atoms with Crippen molar-refractivity contribution in [2.45, 2.75) is 11.4 Å². The Morgan fingerprint density at radius 3 is 2.35 bits per heavy atom. The smallest absolute Gasteiger partial charge is 0.261 e. The molecule has 0 saturated heterocycles. The zero-order chi connectivity index (χ0) is 13.9. The summed E-state index contributed by atoms with van der Waals surface area (Å²) in [6.45, 7) is 0.0460. The van der Waals surface area contributed by atoms with Crippen LogP contribution in [0.15, 0.2) is 53.4 Å². The zero-order valence-electron chi connectivity index (χ0n) is 10.4. The van der Waals surface area contributed by atoms with Crippen LogP contribution in [0.1, 0.15) is 5.56 Å². The molecule has 0 aliphatic carbocycles. The van der Waals surface area contributed by atoms with E-state index >= 15 is 0 Å². The van der Waals surface area contributed by atoms with E-state index in [0.29, 0.717) is 5.56 Å². The average molecular weight is 317 g/mol. The first kappa shape index (κ1) is 16.4. The van der Waals surface area contributed by atoms with Gasteiger partial charge in [-0.3, -0.25) is 4.72 Å². The van der Waals surface area contributed by atoms with Gasteiger partial charge in [-0.05, 0) is 35.9 Å². The molecular weight excluding hydrogens is 303 g/mol. The number of halogens is 2. The predicted molar refractivity (Wildman–Crippen MR) is 78.8 cm³/mol. The molecule has 0 heterocycles. The Morgan fingerprint density at radius 2 is 1.75 bits per heavy atom. The maximum absolute atomic E-state index is 13.1. The van der Waals surface area contributed by atoms with Crippen LogP contribution in [0.3, 0.4) is 0 Å². The second kappa shape index (κ2) is 6.69. The molecule has 0 spiro atoms. The van der Waals surface area contributed by atoms with Crippen LogP contribution < -0.4 is 10.5 Å². The lowest BCUT2D eigenvalue weighted by atomic mass is 10.2. The van der Waals surface area contributed by atoms with E-state index in [9.17, 15) is 12.8 Å². The summed E-state index contributed by atoms with van der Waals surface area (Å²) in [5.41, 5.74) is 6.16. The highest BCUT2D eigenvalue weighted by molar-refractivity contribution is 7.92. The lowest BCUT2D eigenvalue weighted by Crippen LogP contribution is -2.15. The van der Waals surface area contributed by atoms with Crippen molar-refractivity contribution >= 4 is 28.1 Å². The summed E-state index contributed by atoms with van der Waals surface area (Å²) in [4.78, 5) is 0.141. The zero-order valence-corrected chi connectivity index (χ0v) is 12.0. The molecule has 4 nitrogen and oxygen atoms in total. The van der Waals surface area contributed by atoms with Crippen molar-refractivity contribution in [2.75, 3.05) is 4.72 Å². The molecule has 0 amide bonds. The molecule has 0 aromatic heterocycles. The highest BCUT2D eigenvalue weighted by atomic mass is 35.5. The fourth-order valence-electron chi connectivity index (χ4n) is 1.63. The molecule has 0 bridgehead atoms. The second-order valence-electron chi connectivity index (χ2n) is 3.92. The van der Waals surface area contributed by atoms with E-state index in [2.05, 4.69) is 4.72 Å². The molecule has 7 heteroatoms. The van der Waals surface area contributed by atoms with Crippen molar-refractivity contribution in [3.63, 3.8) is 0 Å². The van der Waals surface area contributed by atoms with Crippen LogP contribution in [-0.2, 0) is 16.6 Å². The van der Waals surface area contributed by atoms with Gasteiger partial charge in [0.2, 0.25) is 0 Å². The van der Waals surface area contributed by atoms with Gasteiger partial charge < -0.3 is 5.73 Å². The van der Waals surface area contributed by atoms with E-state index in [1.165, 1.54) is 30.3 Å². The van der Waals surface area contributed by atoms with Gasteiger partial charge >= 0.3 is 0 Å². The second-order valence-corrected chi connectivity index (χ2v) is 5.61. The molecule has 0 atom stereocenters. The van der Waals surface area contributed by atoms with Crippen LogP contribution in [0.4, 0.5) is 10.1 Å². The molecule has 0 aliphatic heterocycles. The lowest BCUT2D eigenvalue weighted by molar-refractivity contribution is 0.601. The van der Waals surface area contributed by atoms with Crippen LogP contribution in [0.2, 0.25) is 0 Å². The van der Waals surface area contributed by atoms with Crippen molar-refractivity contribution in [3.05, 3.63) is 59.9 Å². The molecular formula is C13H14ClFN2O2S. The van der Waals surface area contributed by atoms with Gasteiger partial charge in [0.1, 0.15) is 5.82 Å². The van der Waals surface area contributed by atoms with Gasteiger partial charge in [0, 0.05) is 6.54 Å². The Balaban J connectivity index is 0.00000200. The summed E-state index contributed by atoms with van der Waals surface area (Å²) < 4.78 is 39.7. The minimum absolute atomic E-state index is 0. The summed E-state index contributed by atoms with van der Waals surface area (Å²) in [5.74, 6) is -0.455. The minimum Gasteiger partial charge on any atom is -0.326 e. The molecule has 0 saturated carbocycles. The van der Waals surface area contributed by atoms with Crippen molar-refractivity contribution in [1.82, 2.24) is 0 Å². The average Bonchev–Trinajstić information content (AvgIpc) is 2.41. The van der Waals surface area contributed by atoms with Crippen LogP contribution >= 0.6 is 12.4 Å². The maximum Gasteiger partial charge on any atom is 0.261 e. The van der Waals surface area contributed by atoms with Gasteiger partial charge in [-0.2, -0.15) is 0 Å². The Morgan fingerprint density at radius 1 is 1.10 bits per heavy atom. The van der Waals surface area contributed by atoms with E-state index in [1.807, 2.05) is 0 Å². The molecule has 2 aromatic rings. The van der Waals surface area contributed by atoms with Gasteiger partial charge in [-0.25, -0.2) is 12.8 Å². The summed E-state index contributed by atoms with van der Waals surface area (Å²) in [7, 11) is -3.69. The van der Waals surface area contributed by atoms with Crippen molar-refractivity contribution in [1.29, 1.82) is 0 Å². The quantitative estimate of drug-likeness (QED) is 0.910. The number of hydrogen-bond acceptors (Lipinski definition) is 3. The summed E-state index contributed by atoms with van der Waals surface area (Å²) >= 11 is 0. The standard InChI is InChI=1S/C13H13FN2O2S.ClH/c14-11-6-7-13(10(8-11)9-15)16-19(17,18)12-4-2-1-3-5-12;/h1-8,16H,9,15H2;1H. The van der Waals surface area contributed by atoms with Crippen LogP contribution in [-0.4, -0.2) is 8.42 Å². The molecule has 20 heavy (non-hydrogen) atoms. The third kappa shape index (κ3) is 3.69. The summed E-state index contributed by atoms with van der Waals surface area (Å²) in [6.07, 6.45) is 0. The number of benzene rings is 2. The Hall–Kier alpha value is -1.63. The summed E-state index contributed by atoms with van der Waals surface area (Å²) in [6, 6.07) is 11.7. The predicted octanol–water partition coefficient (Wildman–Crippen LogP) is 2.51. The van der Waals surface area contributed by atoms with E-state index in [-0.39, 0.29) is 29.5 Å². The molecule has 0 unspecified atom stereocenters. The number of sulfonamides is 1. The van der Waals surface area contributed by atoms with Gasteiger partial charge in [-0.15, -0.1) is 12.4 Å². The normalized spacial score (nSPS) is 10.7. The highest BCUT2D eigenvalue weighted by Gasteiger charge is 2.15. The number of hydrogen-bond donors (Lipinski definition) is 2. The van der Waals surface area contributed by atoms with Gasteiger partial charge in [-0.1, -0.05) is 18.2 Å². The number of rotatable bonds is 4. The first-order valence-electron chi connectivity index (χ1n) is 5.59. The van der Waals surface area contributed by atoms with Crippen molar-refractivity contribution in [3.8, 4) is 0 Å². The molecule has 2 rings (SSSR count). The molecule has 3 N–H and O–H groups in total. The van der Waals surface area contributed by atoms with E-state index in [4.69, 9.17) is 5.73 Å². The highest BCUT2D eigenvalue weighted by Crippen LogP contribution is 2.20. The van der Waals surface area contributed by atoms with E-state index in [0.717, 1.165) is 0 Å². The van der Waals surface area contributed by atoms with Crippen LogP contribution in [0.25, 0.3) is 0 Å². The van der Waals surface area contributed by atoms with Gasteiger partial charge in [0.05, 0.1) is 10.6 Å². The monoisotopic (exact) mass is 316 g/mol. The SMILES string of the molecule is Cl.NCc1cc(F)ccc1NS(=O)(=O)c1ccccc1. The third-order valence-electron chi connectivity index (χ3n) is 2.59. The summed E-state index contributed by atoms with van der Waals surface area (Å²) in [5, 5.41) is 0. The Bertz CT molecular complexity index is 678. The van der Waals surface area contributed by atoms with E-state index < -0.39 is 15.8 Å². The topological polar surface area (TPSA) is 72.2 Å².